The quantitative estimate of drug-likeness (QED) is 0.787. The van der Waals surface area contributed by atoms with E-state index in [2.05, 4.69) is 10.6 Å². The predicted molar refractivity (Wildman–Crippen MR) is 81.2 cm³/mol. The van der Waals surface area contributed by atoms with Gasteiger partial charge in [0.25, 0.3) is 0 Å². The second-order valence-electron chi connectivity index (χ2n) is 5.35. The van der Waals surface area contributed by atoms with E-state index in [-0.39, 0.29) is 23.8 Å². The number of carbonyl (C=O) groups is 2. The fraction of sp³-hybridized carbons (Fsp3) is 0.467. The number of carbonyl (C=O) groups excluding carboxylic acids is 2. The third-order valence-corrected chi connectivity index (χ3v) is 3.64. The highest BCUT2D eigenvalue weighted by molar-refractivity contribution is 6.00. The average Bonchev–Trinajstić information content (AvgIpc) is 2.87. The topological polar surface area (TPSA) is 93.5 Å². The molecule has 0 radical (unpaired) electrons. The average molecular weight is 291 g/mol. The third-order valence-electron chi connectivity index (χ3n) is 3.64. The number of ether oxygens (including phenoxy) is 1. The maximum Gasteiger partial charge on any atom is 0.227 e. The molecule has 6 nitrogen and oxygen atoms in total. The Labute approximate surface area is 124 Å². The van der Waals surface area contributed by atoms with Gasteiger partial charge in [0, 0.05) is 24.9 Å². The van der Waals surface area contributed by atoms with Crippen LogP contribution in [0.15, 0.2) is 18.2 Å². The molecule has 1 fully saturated rings. The maximum absolute atomic E-state index is 12.3. The van der Waals surface area contributed by atoms with Gasteiger partial charge in [-0.05, 0) is 31.4 Å². The van der Waals surface area contributed by atoms with E-state index >= 15 is 0 Å². The van der Waals surface area contributed by atoms with Crippen molar-refractivity contribution in [3.05, 3.63) is 18.2 Å². The largest absolute Gasteiger partial charge is 0.497 e. The van der Waals surface area contributed by atoms with Crippen LogP contribution in [0, 0.1) is 5.92 Å². The fourth-order valence-electron chi connectivity index (χ4n) is 2.54. The van der Waals surface area contributed by atoms with Gasteiger partial charge in [0.1, 0.15) is 5.75 Å². The van der Waals surface area contributed by atoms with Crippen LogP contribution in [0.5, 0.6) is 5.75 Å². The minimum absolute atomic E-state index is 0.0668. The molecule has 0 spiro atoms. The molecule has 1 saturated carbocycles. The number of methoxy groups -OCH3 is 1. The number of rotatable bonds is 4. The van der Waals surface area contributed by atoms with Gasteiger partial charge in [0.05, 0.1) is 18.5 Å². The molecule has 2 unspecified atom stereocenters. The summed E-state index contributed by atoms with van der Waals surface area (Å²) in [5.41, 5.74) is 6.93. The zero-order valence-electron chi connectivity index (χ0n) is 12.3. The van der Waals surface area contributed by atoms with Crippen LogP contribution in [0.1, 0.15) is 26.2 Å². The van der Waals surface area contributed by atoms with Crippen molar-refractivity contribution in [3.8, 4) is 5.75 Å². The number of hydrogen-bond donors (Lipinski definition) is 3. The van der Waals surface area contributed by atoms with Crippen molar-refractivity contribution in [2.75, 3.05) is 17.7 Å². The van der Waals surface area contributed by atoms with Crippen LogP contribution in [0.3, 0.4) is 0 Å². The summed E-state index contributed by atoms with van der Waals surface area (Å²) in [5.74, 6) is 0.278. The molecule has 114 valence electrons. The van der Waals surface area contributed by atoms with E-state index in [0.29, 0.717) is 23.5 Å². The first-order chi connectivity index (χ1) is 9.99. The Hall–Kier alpha value is -2.08. The molecular weight excluding hydrogens is 270 g/mol. The van der Waals surface area contributed by atoms with Crippen molar-refractivity contribution in [1.29, 1.82) is 0 Å². The monoisotopic (exact) mass is 291 g/mol. The van der Waals surface area contributed by atoms with E-state index in [9.17, 15) is 9.59 Å². The molecule has 0 saturated heterocycles. The zero-order chi connectivity index (χ0) is 15.4. The molecule has 1 aromatic carbocycles. The van der Waals surface area contributed by atoms with Gasteiger partial charge in [-0.15, -0.1) is 0 Å². The lowest BCUT2D eigenvalue weighted by atomic mass is 10.1. The molecule has 2 rings (SSSR count). The number of benzene rings is 1. The number of hydrogen-bond acceptors (Lipinski definition) is 4. The van der Waals surface area contributed by atoms with Crippen molar-refractivity contribution < 1.29 is 14.3 Å². The van der Waals surface area contributed by atoms with Gasteiger partial charge in [-0.3, -0.25) is 9.59 Å². The molecule has 0 heterocycles. The Morgan fingerprint density at radius 1 is 1.24 bits per heavy atom. The molecule has 0 bridgehead atoms. The standard InChI is InChI=1S/C15H21N3O3/c1-9(19)17-13-6-5-12(21-2)8-14(13)18-15(20)10-3-4-11(16)7-10/h5-6,8,10-11H,3-4,7,16H2,1-2H3,(H,17,19)(H,18,20). The van der Waals surface area contributed by atoms with Crippen molar-refractivity contribution in [2.24, 2.45) is 11.7 Å². The number of anilines is 2. The first-order valence-electron chi connectivity index (χ1n) is 7.01. The van der Waals surface area contributed by atoms with E-state index in [4.69, 9.17) is 10.5 Å². The summed E-state index contributed by atoms with van der Waals surface area (Å²) in [6.45, 7) is 1.42. The molecular formula is C15H21N3O3. The van der Waals surface area contributed by atoms with Gasteiger partial charge in [-0.1, -0.05) is 0 Å². The Kier molecular flexibility index (Phi) is 4.80. The van der Waals surface area contributed by atoms with Crippen molar-refractivity contribution in [3.63, 3.8) is 0 Å². The van der Waals surface area contributed by atoms with Gasteiger partial charge < -0.3 is 21.1 Å². The molecule has 21 heavy (non-hydrogen) atoms. The van der Waals surface area contributed by atoms with Crippen LogP contribution < -0.4 is 21.1 Å². The highest BCUT2D eigenvalue weighted by Crippen LogP contribution is 2.30. The van der Waals surface area contributed by atoms with Gasteiger partial charge in [-0.2, -0.15) is 0 Å². The molecule has 1 aromatic rings. The highest BCUT2D eigenvalue weighted by Gasteiger charge is 2.28. The second-order valence-corrected chi connectivity index (χ2v) is 5.35. The number of nitrogens with one attached hydrogen (secondary N) is 2. The predicted octanol–water partition coefficient (Wildman–Crippen LogP) is 1.72. The molecule has 2 atom stereocenters. The molecule has 6 heteroatoms. The maximum atomic E-state index is 12.3. The summed E-state index contributed by atoms with van der Waals surface area (Å²) >= 11 is 0. The van der Waals surface area contributed by atoms with Crippen molar-refractivity contribution in [2.45, 2.75) is 32.2 Å². The van der Waals surface area contributed by atoms with Gasteiger partial charge in [0.15, 0.2) is 0 Å². The second kappa shape index (κ2) is 6.58. The van der Waals surface area contributed by atoms with Crippen LogP contribution in [-0.2, 0) is 9.59 Å². The normalized spacial score (nSPS) is 20.9. The lowest BCUT2D eigenvalue weighted by Gasteiger charge is -2.15. The van der Waals surface area contributed by atoms with Crippen LogP contribution >= 0.6 is 0 Å². The summed E-state index contributed by atoms with van der Waals surface area (Å²) < 4.78 is 5.15. The van der Waals surface area contributed by atoms with Gasteiger partial charge in [0.2, 0.25) is 11.8 Å². The lowest BCUT2D eigenvalue weighted by Crippen LogP contribution is -2.24. The van der Waals surface area contributed by atoms with Crippen LogP contribution in [0.4, 0.5) is 11.4 Å². The smallest absolute Gasteiger partial charge is 0.227 e. The summed E-state index contributed by atoms with van der Waals surface area (Å²) in [4.78, 5) is 23.5. The Morgan fingerprint density at radius 3 is 2.57 bits per heavy atom. The summed E-state index contributed by atoms with van der Waals surface area (Å²) in [5, 5.41) is 5.56. The molecule has 4 N–H and O–H groups in total. The molecule has 2 amide bonds. The SMILES string of the molecule is COc1ccc(NC(C)=O)c(NC(=O)C2CCC(N)C2)c1. The third kappa shape index (κ3) is 3.95. The first-order valence-corrected chi connectivity index (χ1v) is 7.01. The molecule has 0 aliphatic heterocycles. The molecule has 1 aliphatic carbocycles. The van der Waals surface area contributed by atoms with E-state index < -0.39 is 0 Å². The number of amides is 2. The Morgan fingerprint density at radius 2 is 2.00 bits per heavy atom. The van der Waals surface area contributed by atoms with Gasteiger partial charge in [-0.25, -0.2) is 0 Å². The summed E-state index contributed by atoms with van der Waals surface area (Å²) in [6, 6.07) is 5.22. The van der Waals surface area contributed by atoms with E-state index in [1.54, 1.807) is 25.3 Å². The van der Waals surface area contributed by atoms with Crippen LogP contribution in [0.2, 0.25) is 0 Å². The van der Waals surface area contributed by atoms with E-state index in [1.165, 1.54) is 6.92 Å². The van der Waals surface area contributed by atoms with E-state index in [0.717, 1.165) is 12.8 Å². The lowest BCUT2D eigenvalue weighted by molar-refractivity contribution is -0.119. The van der Waals surface area contributed by atoms with Crippen LogP contribution in [0.25, 0.3) is 0 Å². The minimum Gasteiger partial charge on any atom is -0.497 e. The molecule has 1 aliphatic rings. The Balaban J connectivity index is 2.16. The van der Waals surface area contributed by atoms with E-state index in [1.807, 2.05) is 0 Å². The first kappa shape index (κ1) is 15.3. The zero-order valence-corrected chi connectivity index (χ0v) is 12.3. The summed E-state index contributed by atoms with van der Waals surface area (Å²) in [7, 11) is 1.55. The van der Waals surface area contributed by atoms with Crippen molar-refractivity contribution >= 4 is 23.2 Å². The van der Waals surface area contributed by atoms with Crippen LogP contribution in [-0.4, -0.2) is 25.0 Å². The molecule has 0 aromatic heterocycles. The minimum atomic E-state index is -0.196. The number of nitrogens with two attached hydrogens (primary N) is 1. The van der Waals surface area contributed by atoms with Gasteiger partial charge >= 0.3 is 0 Å². The highest BCUT2D eigenvalue weighted by atomic mass is 16.5. The summed E-state index contributed by atoms with van der Waals surface area (Å²) in [6.07, 6.45) is 2.37. The fourth-order valence-corrected chi connectivity index (χ4v) is 2.54. The van der Waals surface area contributed by atoms with Crippen molar-refractivity contribution in [1.82, 2.24) is 0 Å². The Bertz CT molecular complexity index is 545.